The van der Waals surface area contributed by atoms with Crippen molar-refractivity contribution in [2.45, 2.75) is 13.8 Å². The number of carbonyl (C=O) groups is 3. The van der Waals surface area contributed by atoms with Crippen molar-refractivity contribution in [1.82, 2.24) is 0 Å². The third-order valence-electron chi connectivity index (χ3n) is 3.93. The van der Waals surface area contributed by atoms with Crippen molar-refractivity contribution in [3.8, 4) is 0 Å². The van der Waals surface area contributed by atoms with Crippen molar-refractivity contribution < 1.29 is 19.1 Å². The van der Waals surface area contributed by atoms with Gasteiger partial charge in [-0.25, -0.2) is 9.69 Å². The van der Waals surface area contributed by atoms with Gasteiger partial charge in [0.2, 0.25) is 0 Å². The van der Waals surface area contributed by atoms with E-state index in [1.54, 1.807) is 43.3 Å². The molecule has 0 bridgehead atoms. The molecule has 0 fully saturated rings. The van der Waals surface area contributed by atoms with Crippen molar-refractivity contribution in [2.24, 2.45) is 0 Å². The fraction of sp³-hybridized carbons (Fsp3) is 0.150. The molecule has 0 saturated carbocycles. The highest BCUT2D eigenvalue weighted by Crippen LogP contribution is 2.30. The van der Waals surface area contributed by atoms with Gasteiger partial charge in [0.15, 0.2) is 0 Å². The Balaban J connectivity index is 1.87. The molecule has 27 heavy (non-hydrogen) atoms. The highest BCUT2D eigenvalue weighted by molar-refractivity contribution is 6.53. The van der Waals surface area contributed by atoms with Crippen molar-refractivity contribution in [1.29, 1.82) is 0 Å². The standard InChI is InChI=1S/C20H17ClN2O4/c1-3-27-20(26)13-7-5-8-14(11-13)22-17-16(21)18(24)23(19(17)25)15-9-4-6-12(2)10-15/h4-11,22H,3H2,1-2H3. The number of aryl methyl sites for hydroxylation is 1. The van der Waals surface area contributed by atoms with Gasteiger partial charge in [0.1, 0.15) is 10.7 Å². The first-order chi connectivity index (χ1) is 12.9. The Morgan fingerprint density at radius 2 is 1.85 bits per heavy atom. The molecule has 2 aromatic rings. The largest absolute Gasteiger partial charge is 0.462 e. The molecule has 0 atom stereocenters. The lowest BCUT2D eigenvalue weighted by atomic mass is 10.2. The molecule has 1 heterocycles. The lowest BCUT2D eigenvalue weighted by Crippen LogP contribution is -2.32. The monoisotopic (exact) mass is 384 g/mol. The Morgan fingerprint density at radius 3 is 2.56 bits per heavy atom. The van der Waals surface area contributed by atoms with Crippen LogP contribution in [0.25, 0.3) is 0 Å². The van der Waals surface area contributed by atoms with Gasteiger partial charge in [0.05, 0.1) is 17.9 Å². The number of carbonyl (C=O) groups excluding carboxylic acids is 3. The molecule has 2 aromatic carbocycles. The fourth-order valence-electron chi connectivity index (χ4n) is 2.70. The second-order valence-corrected chi connectivity index (χ2v) is 6.28. The summed E-state index contributed by atoms with van der Waals surface area (Å²) in [5.41, 5.74) is 2.09. The molecule has 138 valence electrons. The third kappa shape index (κ3) is 3.71. The summed E-state index contributed by atoms with van der Waals surface area (Å²) >= 11 is 6.12. The average Bonchev–Trinajstić information content (AvgIpc) is 2.85. The van der Waals surface area contributed by atoms with Crippen molar-refractivity contribution in [3.63, 3.8) is 0 Å². The molecule has 3 rings (SSSR count). The summed E-state index contributed by atoms with van der Waals surface area (Å²) in [5.74, 6) is -1.63. The van der Waals surface area contributed by atoms with Crippen molar-refractivity contribution in [2.75, 3.05) is 16.8 Å². The summed E-state index contributed by atoms with van der Waals surface area (Å²) in [6.45, 7) is 3.84. The van der Waals surface area contributed by atoms with Crippen LogP contribution in [0.3, 0.4) is 0 Å². The minimum Gasteiger partial charge on any atom is -0.462 e. The van der Waals surface area contributed by atoms with Crippen LogP contribution in [0.5, 0.6) is 0 Å². The maximum absolute atomic E-state index is 12.8. The Bertz CT molecular complexity index is 968. The Morgan fingerprint density at radius 1 is 1.11 bits per heavy atom. The molecular weight excluding hydrogens is 368 g/mol. The zero-order valence-electron chi connectivity index (χ0n) is 14.8. The number of hydrogen-bond acceptors (Lipinski definition) is 5. The van der Waals surface area contributed by atoms with Gasteiger partial charge in [-0.2, -0.15) is 0 Å². The maximum atomic E-state index is 12.8. The van der Waals surface area contributed by atoms with E-state index in [0.717, 1.165) is 10.5 Å². The minimum absolute atomic E-state index is 0.0378. The lowest BCUT2D eigenvalue weighted by molar-refractivity contribution is -0.120. The number of imide groups is 1. The summed E-state index contributed by atoms with van der Waals surface area (Å²) in [6, 6.07) is 13.4. The summed E-state index contributed by atoms with van der Waals surface area (Å²) < 4.78 is 4.96. The zero-order valence-corrected chi connectivity index (χ0v) is 15.5. The van der Waals surface area contributed by atoms with E-state index < -0.39 is 17.8 Å². The smallest absolute Gasteiger partial charge is 0.338 e. The number of rotatable bonds is 5. The number of esters is 1. The summed E-state index contributed by atoms with van der Waals surface area (Å²) in [6.07, 6.45) is 0. The van der Waals surface area contributed by atoms with Crippen LogP contribution in [0.4, 0.5) is 11.4 Å². The first kappa shape index (κ1) is 18.7. The van der Waals surface area contributed by atoms with E-state index in [0.29, 0.717) is 16.9 Å². The van der Waals surface area contributed by atoms with Crippen LogP contribution < -0.4 is 10.2 Å². The third-order valence-corrected chi connectivity index (χ3v) is 4.28. The van der Waals surface area contributed by atoms with E-state index in [1.807, 2.05) is 13.0 Å². The Hall–Kier alpha value is -3.12. The number of hydrogen-bond donors (Lipinski definition) is 1. The predicted octanol–water partition coefficient (Wildman–Crippen LogP) is 3.61. The highest BCUT2D eigenvalue weighted by atomic mass is 35.5. The van der Waals surface area contributed by atoms with E-state index in [-0.39, 0.29) is 17.3 Å². The molecule has 2 amide bonds. The summed E-state index contributed by atoms with van der Waals surface area (Å²) in [4.78, 5) is 38.1. The molecule has 0 radical (unpaired) electrons. The van der Waals surface area contributed by atoms with Gasteiger partial charge >= 0.3 is 5.97 Å². The number of nitrogens with zero attached hydrogens (tertiary/aromatic N) is 1. The van der Waals surface area contributed by atoms with Gasteiger partial charge in [-0.1, -0.05) is 29.8 Å². The molecule has 0 spiro atoms. The molecule has 0 saturated heterocycles. The molecule has 1 aliphatic rings. The normalized spacial score (nSPS) is 14.0. The minimum atomic E-state index is -0.601. The number of nitrogens with one attached hydrogen (secondary N) is 1. The maximum Gasteiger partial charge on any atom is 0.338 e. The van der Waals surface area contributed by atoms with Gasteiger partial charge in [-0.05, 0) is 49.7 Å². The van der Waals surface area contributed by atoms with E-state index in [4.69, 9.17) is 16.3 Å². The zero-order chi connectivity index (χ0) is 19.6. The van der Waals surface area contributed by atoms with Crippen LogP contribution in [0.15, 0.2) is 59.3 Å². The van der Waals surface area contributed by atoms with Gasteiger partial charge in [0, 0.05) is 5.69 Å². The van der Waals surface area contributed by atoms with E-state index in [1.165, 1.54) is 6.07 Å². The van der Waals surface area contributed by atoms with Crippen molar-refractivity contribution in [3.05, 3.63) is 70.4 Å². The first-order valence-electron chi connectivity index (χ1n) is 8.31. The summed E-state index contributed by atoms with van der Waals surface area (Å²) in [7, 11) is 0. The van der Waals surface area contributed by atoms with E-state index >= 15 is 0 Å². The van der Waals surface area contributed by atoms with Crippen LogP contribution in [-0.4, -0.2) is 24.4 Å². The molecule has 6 nitrogen and oxygen atoms in total. The van der Waals surface area contributed by atoms with Crippen LogP contribution in [0.1, 0.15) is 22.8 Å². The van der Waals surface area contributed by atoms with Crippen LogP contribution in [-0.2, 0) is 14.3 Å². The Kier molecular flexibility index (Phi) is 5.28. The summed E-state index contributed by atoms with van der Waals surface area (Å²) in [5, 5.41) is 2.64. The molecule has 0 aliphatic carbocycles. The first-order valence-corrected chi connectivity index (χ1v) is 8.69. The fourth-order valence-corrected chi connectivity index (χ4v) is 2.91. The molecule has 0 aromatic heterocycles. The topological polar surface area (TPSA) is 75.7 Å². The number of ether oxygens (including phenoxy) is 1. The number of anilines is 2. The van der Waals surface area contributed by atoms with Crippen LogP contribution >= 0.6 is 11.6 Å². The van der Waals surface area contributed by atoms with E-state index in [2.05, 4.69) is 5.32 Å². The Labute approximate surface area is 161 Å². The number of benzene rings is 2. The molecule has 1 aliphatic heterocycles. The van der Waals surface area contributed by atoms with Gasteiger partial charge in [-0.3, -0.25) is 9.59 Å². The average molecular weight is 385 g/mol. The number of amides is 2. The predicted molar refractivity (Wildman–Crippen MR) is 103 cm³/mol. The second kappa shape index (κ2) is 7.63. The quantitative estimate of drug-likeness (QED) is 0.629. The van der Waals surface area contributed by atoms with Crippen LogP contribution in [0.2, 0.25) is 0 Å². The SMILES string of the molecule is CCOC(=O)c1cccc(NC2=C(Cl)C(=O)N(c3cccc(C)c3)C2=O)c1. The van der Waals surface area contributed by atoms with E-state index in [9.17, 15) is 14.4 Å². The van der Waals surface area contributed by atoms with Gasteiger partial charge in [-0.15, -0.1) is 0 Å². The van der Waals surface area contributed by atoms with Crippen molar-refractivity contribution >= 4 is 40.8 Å². The lowest BCUT2D eigenvalue weighted by Gasteiger charge is -2.15. The molecule has 7 heteroatoms. The number of halogens is 1. The highest BCUT2D eigenvalue weighted by Gasteiger charge is 2.39. The van der Waals surface area contributed by atoms with Gasteiger partial charge in [0.25, 0.3) is 11.8 Å². The molecular formula is C20H17ClN2O4. The second-order valence-electron chi connectivity index (χ2n) is 5.90. The van der Waals surface area contributed by atoms with Crippen LogP contribution in [0, 0.1) is 6.92 Å². The molecule has 1 N–H and O–H groups in total. The molecule has 0 unspecified atom stereocenters. The van der Waals surface area contributed by atoms with Gasteiger partial charge < -0.3 is 10.1 Å².